The Morgan fingerprint density at radius 2 is 1.85 bits per heavy atom. The number of halogens is 1. The highest BCUT2D eigenvalue weighted by atomic mass is 32.2. The lowest BCUT2D eigenvalue weighted by molar-refractivity contribution is -0.129. The normalized spacial score (nSPS) is 13.0. The van der Waals surface area contributed by atoms with Crippen molar-refractivity contribution in [1.82, 2.24) is 4.90 Å². The molecule has 1 aliphatic heterocycles. The Balaban J connectivity index is 1.61. The maximum Gasteiger partial charge on any atom is 0.261 e. The second-order valence-corrected chi connectivity index (χ2v) is 10.4. The molecule has 11 heteroatoms. The summed E-state index contributed by atoms with van der Waals surface area (Å²) in [5, 5.41) is 12.7. The number of hydrogen-bond donors (Lipinski definition) is 2. The quantitative estimate of drug-likeness (QED) is 0.556. The molecular weight excluding hydrogens is 479 g/mol. The van der Waals surface area contributed by atoms with Crippen LogP contribution in [0.1, 0.15) is 33.3 Å². The van der Waals surface area contributed by atoms with Crippen molar-refractivity contribution < 1.29 is 22.4 Å². The molecule has 3 aromatic rings. The van der Waals surface area contributed by atoms with Crippen LogP contribution < -0.4 is 10.0 Å². The van der Waals surface area contributed by atoms with Gasteiger partial charge < -0.3 is 10.2 Å². The van der Waals surface area contributed by atoms with Crippen molar-refractivity contribution in [2.45, 2.75) is 24.8 Å². The SMILES string of the molecule is CC(=O)N1CCc2c(sc(NC(=O)c3ccccc3NS(=O)(=O)c3ccc(F)cc3)c2C#N)C1. The van der Waals surface area contributed by atoms with Crippen LogP contribution in [0, 0.1) is 17.1 Å². The summed E-state index contributed by atoms with van der Waals surface area (Å²) < 4.78 is 41.0. The van der Waals surface area contributed by atoms with Crippen molar-refractivity contribution in [2.75, 3.05) is 16.6 Å². The molecule has 2 amide bonds. The Hall–Kier alpha value is -3.75. The molecule has 2 aromatic carbocycles. The van der Waals surface area contributed by atoms with Gasteiger partial charge in [0.2, 0.25) is 5.91 Å². The third-order valence-corrected chi connectivity index (χ3v) is 7.89. The minimum atomic E-state index is -4.07. The number of thiophene rings is 1. The predicted molar refractivity (Wildman–Crippen MR) is 125 cm³/mol. The minimum absolute atomic E-state index is 0.0342. The molecule has 2 N–H and O–H groups in total. The molecule has 0 radical (unpaired) electrons. The van der Waals surface area contributed by atoms with E-state index in [-0.39, 0.29) is 22.1 Å². The largest absolute Gasteiger partial charge is 0.337 e. The van der Waals surface area contributed by atoms with Crippen molar-refractivity contribution in [3.05, 3.63) is 75.9 Å². The Kier molecular flexibility index (Phi) is 6.37. The Labute approximate surface area is 199 Å². The van der Waals surface area contributed by atoms with Crippen LogP contribution in [0.4, 0.5) is 15.1 Å². The van der Waals surface area contributed by atoms with Gasteiger partial charge >= 0.3 is 0 Å². The van der Waals surface area contributed by atoms with E-state index in [1.165, 1.54) is 30.4 Å². The highest BCUT2D eigenvalue weighted by molar-refractivity contribution is 7.92. The molecule has 0 spiro atoms. The smallest absolute Gasteiger partial charge is 0.261 e. The summed E-state index contributed by atoms with van der Waals surface area (Å²) in [4.78, 5) is 27.2. The number of nitriles is 1. The van der Waals surface area contributed by atoms with Gasteiger partial charge in [0.1, 0.15) is 16.9 Å². The van der Waals surface area contributed by atoms with Gasteiger partial charge in [-0.25, -0.2) is 12.8 Å². The lowest BCUT2D eigenvalue weighted by Gasteiger charge is -2.25. The Morgan fingerprint density at radius 1 is 1.15 bits per heavy atom. The molecule has 1 aromatic heterocycles. The number of carbonyl (C=O) groups excluding carboxylic acids is 2. The molecule has 1 aliphatic rings. The van der Waals surface area contributed by atoms with Crippen LogP contribution in [0.25, 0.3) is 0 Å². The summed E-state index contributed by atoms with van der Waals surface area (Å²) in [5.41, 5.74) is 1.24. The number of nitrogens with zero attached hydrogens (tertiary/aromatic N) is 2. The first-order valence-corrected chi connectivity index (χ1v) is 12.5. The molecule has 0 saturated carbocycles. The third-order valence-electron chi connectivity index (χ3n) is 5.38. The van der Waals surface area contributed by atoms with Crippen LogP contribution >= 0.6 is 11.3 Å². The number of anilines is 2. The van der Waals surface area contributed by atoms with E-state index in [0.29, 0.717) is 30.1 Å². The standard InChI is InChI=1S/C23H19FN4O4S2/c1-14(29)28-11-10-17-19(12-25)23(33-21(17)13-28)26-22(30)18-4-2-3-5-20(18)27-34(31,32)16-8-6-15(24)7-9-16/h2-9,27H,10-11,13H2,1H3,(H,26,30). The number of carbonyl (C=O) groups is 2. The number of para-hydroxylation sites is 1. The van der Waals surface area contributed by atoms with E-state index >= 15 is 0 Å². The average molecular weight is 499 g/mol. The average Bonchev–Trinajstić information content (AvgIpc) is 3.15. The summed E-state index contributed by atoms with van der Waals surface area (Å²) in [6.45, 7) is 2.35. The molecule has 174 valence electrons. The Morgan fingerprint density at radius 3 is 2.53 bits per heavy atom. The lowest BCUT2D eigenvalue weighted by atomic mass is 10.0. The zero-order valence-corrected chi connectivity index (χ0v) is 19.6. The van der Waals surface area contributed by atoms with Crippen LogP contribution in [-0.4, -0.2) is 31.7 Å². The van der Waals surface area contributed by atoms with Crippen LogP contribution in [0.3, 0.4) is 0 Å². The highest BCUT2D eigenvalue weighted by Gasteiger charge is 2.27. The van der Waals surface area contributed by atoms with Gasteiger partial charge in [-0.05, 0) is 48.4 Å². The summed E-state index contributed by atoms with van der Waals surface area (Å²) in [6, 6.07) is 12.5. The van der Waals surface area contributed by atoms with Gasteiger partial charge in [-0.3, -0.25) is 14.3 Å². The predicted octanol–water partition coefficient (Wildman–Crippen LogP) is 3.72. The molecule has 34 heavy (non-hydrogen) atoms. The molecule has 2 heterocycles. The van der Waals surface area contributed by atoms with Crippen molar-refractivity contribution >= 4 is 43.9 Å². The summed E-state index contributed by atoms with van der Waals surface area (Å²) in [6.07, 6.45) is 0.512. The van der Waals surface area contributed by atoms with E-state index in [9.17, 15) is 27.7 Å². The van der Waals surface area contributed by atoms with Crippen molar-refractivity contribution in [3.8, 4) is 6.07 Å². The van der Waals surface area contributed by atoms with Crippen molar-refractivity contribution in [2.24, 2.45) is 0 Å². The van der Waals surface area contributed by atoms with E-state index in [4.69, 9.17) is 0 Å². The van der Waals surface area contributed by atoms with Crippen molar-refractivity contribution in [3.63, 3.8) is 0 Å². The number of sulfonamides is 1. The Bertz CT molecular complexity index is 1430. The molecule has 0 atom stereocenters. The van der Waals surface area contributed by atoms with Gasteiger partial charge in [0.05, 0.1) is 28.3 Å². The molecule has 4 rings (SSSR count). The van der Waals surface area contributed by atoms with Gasteiger partial charge in [0.25, 0.3) is 15.9 Å². The number of hydrogen-bond acceptors (Lipinski definition) is 6. The zero-order chi connectivity index (χ0) is 24.5. The number of fused-ring (bicyclic) bond motifs is 1. The highest BCUT2D eigenvalue weighted by Crippen LogP contribution is 2.37. The molecule has 0 unspecified atom stereocenters. The molecule has 0 aliphatic carbocycles. The maximum absolute atomic E-state index is 13.2. The van der Waals surface area contributed by atoms with Gasteiger partial charge in [-0.2, -0.15) is 5.26 Å². The number of nitrogens with one attached hydrogen (secondary N) is 2. The molecule has 8 nitrogen and oxygen atoms in total. The van der Waals surface area contributed by atoms with E-state index in [0.717, 1.165) is 34.7 Å². The van der Waals surface area contributed by atoms with Crippen LogP contribution in [-0.2, 0) is 27.8 Å². The first-order valence-electron chi connectivity index (χ1n) is 10.2. The fraction of sp³-hybridized carbons (Fsp3) is 0.174. The first kappa shape index (κ1) is 23.4. The summed E-state index contributed by atoms with van der Waals surface area (Å²) in [7, 11) is -4.07. The lowest BCUT2D eigenvalue weighted by Crippen LogP contribution is -2.33. The van der Waals surface area contributed by atoms with Crippen LogP contribution in [0.15, 0.2) is 53.4 Å². The summed E-state index contributed by atoms with van der Waals surface area (Å²) in [5.74, 6) is -1.24. The van der Waals surface area contributed by atoms with Crippen LogP contribution in [0.5, 0.6) is 0 Å². The van der Waals surface area contributed by atoms with Gasteiger partial charge in [0.15, 0.2) is 0 Å². The van der Waals surface area contributed by atoms with E-state index in [2.05, 4.69) is 16.1 Å². The topological polar surface area (TPSA) is 119 Å². The fourth-order valence-electron chi connectivity index (χ4n) is 3.64. The van der Waals surface area contributed by atoms with E-state index in [1.54, 1.807) is 17.0 Å². The molecule has 0 bridgehead atoms. The van der Waals surface area contributed by atoms with Gasteiger partial charge in [0, 0.05) is 18.3 Å². The fourth-order valence-corrected chi connectivity index (χ4v) is 5.93. The monoisotopic (exact) mass is 498 g/mol. The van der Waals surface area contributed by atoms with Crippen LogP contribution in [0.2, 0.25) is 0 Å². The number of benzene rings is 2. The minimum Gasteiger partial charge on any atom is -0.337 e. The number of amides is 2. The maximum atomic E-state index is 13.2. The molecule has 0 fully saturated rings. The van der Waals surface area contributed by atoms with E-state index in [1.807, 2.05) is 0 Å². The van der Waals surface area contributed by atoms with Gasteiger partial charge in [-0.15, -0.1) is 11.3 Å². The zero-order valence-electron chi connectivity index (χ0n) is 18.0. The second-order valence-electron chi connectivity index (χ2n) is 7.57. The molecule has 0 saturated heterocycles. The second kappa shape index (κ2) is 9.24. The van der Waals surface area contributed by atoms with Crippen molar-refractivity contribution in [1.29, 1.82) is 5.26 Å². The number of rotatable bonds is 5. The first-order chi connectivity index (χ1) is 16.2. The molecular formula is C23H19FN4O4S2. The van der Waals surface area contributed by atoms with E-state index < -0.39 is 21.7 Å². The van der Waals surface area contributed by atoms with Gasteiger partial charge in [-0.1, -0.05) is 12.1 Å². The third kappa shape index (κ3) is 4.64. The summed E-state index contributed by atoms with van der Waals surface area (Å²) >= 11 is 1.23.